The van der Waals surface area contributed by atoms with Crippen LogP contribution in [0.1, 0.15) is 16.8 Å². The minimum absolute atomic E-state index is 0.000570. The number of aromatic nitrogens is 1. The van der Waals surface area contributed by atoms with E-state index in [1.54, 1.807) is 0 Å². The molecule has 1 unspecified atom stereocenters. The Kier molecular flexibility index (Phi) is 3.73. The molecule has 1 aromatic heterocycles. The van der Waals surface area contributed by atoms with Crippen LogP contribution in [0.4, 0.5) is 10.5 Å². The third-order valence-electron chi connectivity index (χ3n) is 2.51. The maximum Gasteiger partial charge on any atom is 0.337 e. The predicted molar refractivity (Wildman–Crippen MR) is 62.6 cm³/mol. The second-order valence-electron chi connectivity index (χ2n) is 3.93. The Morgan fingerprint density at radius 2 is 2.28 bits per heavy atom. The lowest BCUT2D eigenvalue weighted by atomic mass is 10.2. The fourth-order valence-electron chi connectivity index (χ4n) is 1.63. The summed E-state index contributed by atoms with van der Waals surface area (Å²) in [5, 5.41) is 14.0. The van der Waals surface area contributed by atoms with Gasteiger partial charge in [-0.2, -0.15) is 0 Å². The molecule has 7 nitrogen and oxygen atoms in total. The normalized spacial score (nSPS) is 18.3. The number of amides is 2. The molecule has 0 saturated carbocycles. The van der Waals surface area contributed by atoms with Crippen molar-refractivity contribution in [2.75, 3.05) is 18.5 Å². The van der Waals surface area contributed by atoms with Crippen LogP contribution in [-0.2, 0) is 4.74 Å². The standard InChI is InChI=1S/C11H13N3O4/c15-10(16)7-3-9(5-12-4-7)14-11(17)13-8-1-2-18-6-8/h3-5,8H,1-2,6H2,(H,15,16)(H2,13,14,17). The zero-order valence-electron chi connectivity index (χ0n) is 9.55. The number of nitrogens with zero attached hydrogens (tertiary/aromatic N) is 1. The van der Waals surface area contributed by atoms with E-state index in [9.17, 15) is 9.59 Å². The summed E-state index contributed by atoms with van der Waals surface area (Å²) in [7, 11) is 0. The summed E-state index contributed by atoms with van der Waals surface area (Å²) in [5.41, 5.74) is 0.364. The van der Waals surface area contributed by atoms with E-state index in [1.807, 2.05) is 0 Å². The number of hydrogen-bond acceptors (Lipinski definition) is 4. The fraction of sp³-hybridized carbons (Fsp3) is 0.364. The second kappa shape index (κ2) is 5.46. The highest BCUT2D eigenvalue weighted by molar-refractivity contribution is 5.92. The van der Waals surface area contributed by atoms with Crippen molar-refractivity contribution in [3.63, 3.8) is 0 Å². The number of pyridine rings is 1. The number of carboxylic acid groups (broad SMARTS) is 1. The zero-order chi connectivity index (χ0) is 13.0. The first-order valence-corrected chi connectivity index (χ1v) is 5.49. The smallest absolute Gasteiger partial charge is 0.337 e. The average molecular weight is 251 g/mol. The summed E-state index contributed by atoms with van der Waals surface area (Å²) in [6, 6.07) is 0.954. The van der Waals surface area contributed by atoms with Crippen LogP contribution >= 0.6 is 0 Å². The Balaban J connectivity index is 1.93. The van der Waals surface area contributed by atoms with Crippen molar-refractivity contribution in [3.05, 3.63) is 24.0 Å². The summed E-state index contributed by atoms with van der Waals surface area (Å²) in [4.78, 5) is 26.1. The molecule has 18 heavy (non-hydrogen) atoms. The summed E-state index contributed by atoms with van der Waals surface area (Å²) in [6.07, 6.45) is 3.38. The van der Waals surface area contributed by atoms with Crippen molar-refractivity contribution >= 4 is 17.7 Å². The molecule has 1 fully saturated rings. The van der Waals surface area contributed by atoms with Gasteiger partial charge in [-0.15, -0.1) is 0 Å². The molecule has 0 aromatic carbocycles. The SMILES string of the molecule is O=C(Nc1cncc(C(=O)O)c1)NC1CCOC1. The number of hydrogen-bond donors (Lipinski definition) is 3. The summed E-state index contributed by atoms with van der Waals surface area (Å²) in [5.74, 6) is -1.09. The van der Waals surface area contributed by atoms with Gasteiger partial charge < -0.3 is 20.5 Å². The van der Waals surface area contributed by atoms with Crippen LogP contribution < -0.4 is 10.6 Å². The molecule has 2 heterocycles. The van der Waals surface area contributed by atoms with E-state index in [0.717, 1.165) is 6.42 Å². The van der Waals surface area contributed by atoms with Crippen molar-refractivity contribution in [1.29, 1.82) is 0 Å². The van der Waals surface area contributed by atoms with Crippen LogP contribution in [0, 0.1) is 0 Å². The molecule has 1 aliphatic heterocycles. The second-order valence-corrected chi connectivity index (χ2v) is 3.93. The van der Waals surface area contributed by atoms with Gasteiger partial charge in [-0.1, -0.05) is 0 Å². The third kappa shape index (κ3) is 3.17. The first-order chi connectivity index (χ1) is 8.65. The van der Waals surface area contributed by atoms with Crippen LogP contribution in [0.3, 0.4) is 0 Å². The largest absolute Gasteiger partial charge is 0.478 e. The minimum Gasteiger partial charge on any atom is -0.478 e. The van der Waals surface area contributed by atoms with Gasteiger partial charge in [0.2, 0.25) is 0 Å². The number of anilines is 1. The van der Waals surface area contributed by atoms with Gasteiger partial charge in [0, 0.05) is 12.8 Å². The molecule has 1 aliphatic rings. The molecule has 96 valence electrons. The highest BCUT2D eigenvalue weighted by atomic mass is 16.5. The fourth-order valence-corrected chi connectivity index (χ4v) is 1.63. The number of ether oxygens (including phenoxy) is 1. The summed E-state index contributed by atoms with van der Waals surface area (Å²) >= 11 is 0. The maximum absolute atomic E-state index is 11.6. The molecule has 0 spiro atoms. The molecule has 3 N–H and O–H groups in total. The molecule has 1 atom stereocenters. The van der Waals surface area contributed by atoms with E-state index in [-0.39, 0.29) is 11.6 Å². The zero-order valence-corrected chi connectivity index (χ0v) is 9.55. The highest BCUT2D eigenvalue weighted by Crippen LogP contribution is 2.09. The van der Waals surface area contributed by atoms with E-state index in [0.29, 0.717) is 18.9 Å². The molecule has 1 saturated heterocycles. The van der Waals surface area contributed by atoms with Gasteiger partial charge in [0.05, 0.1) is 30.1 Å². The van der Waals surface area contributed by atoms with E-state index < -0.39 is 12.0 Å². The van der Waals surface area contributed by atoms with Crippen molar-refractivity contribution in [2.24, 2.45) is 0 Å². The van der Waals surface area contributed by atoms with E-state index in [2.05, 4.69) is 15.6 Å². The van der Waals surface area contributed by atoms with Crippen LogP contribution in [0.2, 0.25) is 0 Å². The Labute approximate surface area is 103 Å². The Bertz CT molecular complexity index is 457. The summed E-state index contributed by atoms with van der Waals surface area (Å²) in [6.45, 7) is 1.14. The Morgan fingerprint density at radius 3 is 2.94 bits per heavy atom. The Morgan fingerprint density at radius 1 is 1.44 bits per heavy atom. The van der Waals surface area contributed by atoms with Gasteiger partial charge in [0.1, 0.15) is 0 Å². The molecule has 0 aliphatic carbocycles. The molecule has 0 bridgehead atoms. The van der Waals surface area contributed by atoms with Crippen LogP contribution in [0.25, 0.3) is 0 Å². The Hall–Kier alpha value is -2.15. The summed E-state index contributed by atoms with van der Waals surface area (Å²) < 4.78 is 5.13. The van der Waals surface area contributed by atoms with Crippen molar-refractivity contribution < 1.29 is 19.4 Å². The minimum atomic E-state index is -1.09. The number of carbonyl (C=O) groups excluding carboxylic acids is 1. The molecule has 0 radical (unpaired) electrons. The monoisotopic (exact) mass is 251 g/mol. The number of nitrogens with one attached hydrogen (secondary N) is 2. The van der Waals surface area contributed by atoms with E-state index in [1.165, 1.54) is 18.5 Å². The first-order valence-electron chi connectivity index (χ1n) is 5.49. The number of carbonyl (C=O) groups is 2. The lowest BCUT2D eigenvalue weighted by Crippen LogP contribution is -2.38. The van der Waals surface area contributed by atoms with Crippen LogP contribution in [0.5, 0.6) is 0 Å². The maximum atomic E-state index is 11.6. The van der Waals surface area contributed by atoms with Gasteiger partial charge >= 0.3 is 12.0 Å². The van der Waals surface area contributed by atoms with E-state index >= 15 is 0 Å². The topological polar surface area (TPSA) is 101 Å². The van der Waals surface area contributed by atoms with Gasteiger partial charge in [0.15, 0.2) is 0 Å². The molecule has 1 aromatic rings. The quantitative estimate of drug-likeness (QED) is 0.733. The lowest BCUT2D eigenvalue weighted by Gasteiger charge is -2.11. The third-order valence-corrected chi connectivity index (χ3v) is 2.51. The van der Waals surface area contributed by atoms with Crippen LogP contribution in [-0.4, -0.2) is 41.3 Å². The molecular weight excluding hydrogens is 238 g/mol. The van der Waals surface area contributed by atoms with Gasteiger partial charge in [-0.05, 0) is 12.5 Å². The van der Waals surface area contributed by atoms with Gasteiger partial charge in [-0.25, -0.2) is 9.59 Å². The molecular formula is C11H13N3O4. The predicted octanol–water partition coefficient (Wildman–Crippen LogP) is 0.690. The van der Waals surface area contributed by atoms with Crippen molar-refractivity contribution in [2.45, 2.75) is 12.5 Å². The first kappa shape index (κ1) is 12.3. The molecule has 2 rings (SSSR count). The van der Waals surface area contributed by atoms with Crippen LogP contribution in [0.15, 0.2) is 18.5 Å². The number of carboxylic acids is 1. The molecule has 2 amide bonds. The molecule has 7 heteroatoms. The van der Waals surface area contributed by atoms with Crippen molar-refractivity contribution in [1.82, 2.24) is 10.3 Å². The number of aromatic carboxylic acids is 1. The van der Waals surface area contributed by atoms with Crippen molar-refractivity contribution in [3.8, 4) is 0 Å². The van der Waals surface area contributed by atoms with Gasteiger partial charge in [0.25, 0.3) is 0 Å². The number of urea groups is 1. The average Bonchev–Trinajstić information content (AvgIpc) is 2.82. The number of rotatable bonds is 3. The van der Waals surface area contributed by atoms with Gasteiger partial charge in [-0.3, -0.25) is 4.98 Å². The van der Waals surface area contributed by atoms with E-state index in [4.69, 9.17) is 9.84 Å². The highest BCUT2D eigenvalue weighted by Gasteiger charge is 2.17. The lowest BCUT2D eigenvalue weighted by molar-refractivity contribution is 0.0696.